The van der Waals surface area contributed by atoms with Crippen LogP contribution in [0.3, 0.4) is 0 Å². The number of hydrogen-bond donors (Lipinski definition) is 1. The first kappa shape index (κ1) is 23.1. The number of anilines is 1. The average Bonchev–Trinajstić information content (AvgIpc) is 3.43. The second kappa shape index (κ2) is 9.18. The third kappa shape index (κ3) is 4.26. The molecule has 2 heterocycles. The first-order valence-corrected chi connectivity index (χ1v) is 11.3. The van der Waals surface area contributed by atoms with Crippen LogP contribution in [0.15, 0.2) is 60.7 Å². The molecule has 0 bridgehead atoms. The van der Waals surface area contributed by atoms with Gasteiger partial charge in [0.25, 0.3) is 17.7 Å². The van der Waals surface area contributed by atoms with Gasteiger partial charge in [-0.05, 0) is 61.4 Å². The highest BCUT2D eigenvalue weighted by Crippen LogP contribution is 2.34. The number of fused-ring (bicyclic) bond motifs is 2. The van der Waals surface area contributed by atoms with Gasteiger partial charge in [-0.15, -0.1) is 0 Å². The number of nitrogens with zero attached hydrogens (tertiary/aromatic N) is 1. The van der Waals surface area contributed by atoms with Crippen molar-refractivity contribution in [3.05, 3.63) is 88.5 Å². The van der Waals surface area contributed by atoms with Crippen LogP contribution in [0.1, 0.15) is 49.1 Å². The fraction of sp³-hybridized carbons (Fsp3) is 0.185. The standard InChI is InChI=1S/C27H22N2O7/c1-15-5-3-4-6-21(15)28-24(30)16(2)36-27(33)18-8-9-19-20(12-18)26(32)29(25(19)31)13-17-7-10-22-23(11-17)35-14-34-22/h3-12,16H,13-14H2,1-2H3,(H,28,30)/t16-/m1/s1. The van der Waals surface area contributed by atoms with Gasteiger partial charge in [-0.1, -0.05) is 24.3 Å². The van der Waals surface area contributed by atoms with Crippen molar-refractivity contribution in [3.63, 3.8) is 0 Å². The van der Waals surface area contributed by atoms with Crippen LogP contribution in [0, 0.1) is 6.92 Å². The van der Waals surface area contributed by atoms with E-state index in [1.165, 1.54) is 25.1 Å². The fourth-order valence-electron chi connectivity index (χ4n) is 4.01. The zero-order chi connectivity index (χ0) is 25.4. The second-order valence-corrected chi connectivity index (χ2v) is 8.50. The summed E-state index contributed by atoms with van der Waals surface area (Å²) < 4.78 is 16.0. The molecule has 1 atom stereocenters. The Morgan fingerprint density at radius 2 is 1.72 bits per heavy atom. The Balaban J connectivity index is 1.27. The first-order chi connectivity index (χ1) is 17.3. The predicted octanol–water partition coefficient (Wildman–Crippen LogP) is 3.70. The number of ether oxygens (including phenoxy) is 3. The summed E-state index contributed by atoms with van der Waals surface area (Å²) in [6.45, 7) is 3.47. The van der Waals surface area contributed by atoms with Crippen LogP contribution < -0.4 is 14.8 Å². The van der Waals surface area contributed by atoms with E-state index in [0.717, 1.165) is 10.5 Å². The normalized spacial score (nSPS) is 14.4. The Kier molecular flexibility index (Phi) is 5.89. The number of aryl methyl sites for hydroxylation is 1. The van der Waals surface area contributed by atoms with E-state index in [9.17, 15) is 19.2 Å². The Bertz CT molecular complexity index is 1410. The minimum absolute atomic E-state index is 0.0406. The van der Waals surface area contributed by atoms with E-state index < -0.39 is 29.8 Å². The van der Waals surface area contributed by atoms with Crippen LogP contribution in [0.5, 0.6) is 11.5 Å². The second-order valence-electron chi connectivity index (χ2n) is 8.50. The number of esters is 1. The Morgan fingerprint density at radius 3 is 2.53 bits per heavy atom. The molecule has 2 aliphatic rings. The molecule has 9 nitrogen and oxygen atoms in total. The number of benzene rings is 3. The van der Waals surface area contributed by atoms with Crippen molar-refractivity contribution in [2.75, 3.05) is 12.1 Å². The Labute approximate surface area is 206 Å². The highest BCUT2D eigenvalue weighted by Gasteiger charge is 2.36. The maximum absolute atomic E-state index is 13.0. The van der Waals surface area contributed by atoms with Crippen molar-refractivity contribution in [1.29, 1.82) is 0 Å². The molecule has 9 heteroatoms. The molecule has 3 aromatic rings. The maximum Gasteiger partial charge on any atom is 0.338 e. The minimum atomic E-state index is -1.08. The average molecular weight is 486 g/mol. The number of nitrogens with one attached hydrogen (secondary N) is 1. The molecule has 3 amide bonds. The van der Waals surface area contributed by atoms with Crippen molar-refractivity contribution in [3.8, 4) is 11.5 Å². The molecule has 0 saturated heterocycles. The van der Waals surface area contributed by atoms with Gasteiger partial charge in [0.1, 0.15) is 0 Å². The van der Waals surface area contributed by atoms with E-state index in [2.05, 4.69) is 5.32 Å². The number of imide groups is 1. The highest BCUT2D eigenvalue weighted by atomic mass is 16.7. The van der Waals surface area contributed by atoms with Gasteiger partial charge in [0, 0.05) is 5.69 Å². The Morgan fingerprint density at radius 1 is 0.972 bits per heavy atom. The van der Waals surface area contributed by atoms with Crippen LogP contribution in [0.25, 0.3) is 0 Å². The monoisotopic (exact) mass is 486 g/mol. The van der Waals surface area contributed by atoms with Crippen molar-refractivity contribution in [2.24, 2.45) is 0 Å². The van der Waals surface area contributed by atoms with Crippen molar-refractivity contribution in [1.82, 2.24) is 4.90 Å². The number of carbonyl (C=O) groups excluding carboxylic acids is 4. The van der Waals surface area contributed by atoms with E-state index in [4.69, 9.17) is 14.2 Å². The quantitative estimate of drug-likeness (QED) is 0.418. The molecule has 0 aromatic heterocycles. The molecule has 0 fully saturated rings. The van der Waals surface area contributed by atoms with E-state index in [0.29, 0.717) is 22.7 Å². The van der Waals surface area contributed by atoms with Gasteiger partial charge in [0.15, 0.2) is 17.6 Å². The Hall–Kier alpha value is -4.66. The van der Waals surface area contributed by atoms with Crippen LogP contribution in [0.2, 0.25) is 0 Å². The molecule has 3 aromatic carbocycles. The van der Waals surface area contributed by atoms with Gasteiger partial charge >= 0.3 is 5.97 Å². The molecule has 0 unspecified atom stereocenters. The summed E-state index contributed by atoms with van der Waals surface area (Å²) in [5, 5.41) is 2.73. The number of rotatable bonds is 6. The van der Waals surface area contributed by atoms with Gasteiger partial charge in [-0.2, -0.15) is 0 Å². The molecular weight excluding hydrogens is 464 g/mol. The summed E-state index contributed by atoms with van der Waals surface area (Å²) in [6.07, 6.45) is -1.08. The van der Waals surface area contributed by atoms with Gasteiger partial charge in [-0.25, -0.2) is 4.79 Å². The van der Waals surface area contributed by atoms with E-state index >= 15 is 0 Å². The molecule has 182 valence electrons. The summed E-state index contributed by atoms with van der Waals surface area (Å²) in [7, 11) is 0. The van der Waals surface area contributed by atoms with Gasteiger partial charge < -0.3 is 19.5 Å². The lowest BCUT2D eigenvalue weighted by Gasteiger charge is -2.15. The molecule has 36 heavy (non-hydrogen) atoms. The summed E-state index contributed by atoms with van der Waals surface area (Å²) in [6, 6.07) is 16.6. The SMILES string of the molecule is Cc1ccccc1NC(=O)[C@@H](C)OC(=O)c1ccc2c(c1)C(=O)N(Cc1ccc3c(c1)OCO3)C2=O. The highest BCUT2D eigenvalue weighted by molar-refractivity contribution is 6.21. The van der Waals surface area contributed by atoms with Crippen LogP contribution in [0.4, 0.5) is 5.69 Å². The molecule has 0 radical (unpaired) electrons. The lowest BCUT2D eigenvalue weighted by Crippen LogP contribution is -2.30. The number of amides is 3. The summed E-state index contributed by atoms with van der Waals surface area (Å²) in [4.78, 5) is 52.2. The zero-order valence-electron chi connectivity index (χ0n) is 19.6. The smallest absolute Gasteiger partial charge is 0.338 e. The molecule has 0 aliphatic carbocycles. The lowest BCUT2D eigenvalue weighted by molar-refractivity contribution is -0.123. The summed E-state index contributed by atoms with van der Waals surface area (Å²) in [5.74, 6) is -1.09. The number of hydrogen-bond acceptors (Lipinski definition) is 7. The minimum Gasteiger partial charge on any atom is -0.454 e. The van der Waals surface area contributed by atoms with E-state index in [-0.39, 0.29) is 30.0 Å². The van der Waals surface area contributed by atoms with Crippen molar-refractivity contribution < 1.29 is 33.4 Å². The third-order valence-electron chi connectivity index (χ3n) is 6.04. The predicted molar refractivity (Wildman–Crippen MR) is 128 cm³/mol. The number of para-hydroxylation sites is 1. The maximum atomic E-state index is 13.0. The van der Waals surface area contributed by atoms with Gasteiger partial charge in [-0.3, -0.25) is 19.3 Å². The summed E-state index contributed by atoms with van der Waals surface area (Å²) >= 11 is 0. The first-order valence-electron chi connectivity index (χ1n) is 11.3. The van der Waals surface area contributed by atoms with Crippen LogP contribution in [-0.4, -0.2) is 41.5 Å². The largest absolute Gasteiger partial charge is 0.454 e. The van der Waals surface area contributed by atoms with Gasteiger partial charge in [0.2, 0.25) is 6.79 Å². The van der Waals surface area contributed by atoms with Crippen LogP contribution in [-0.2, 0) is 16.1 Å². The van der Waals surface area contributed by atoms with E-state index in [1.807, 2.05) is 19.1 Å². The number of carbonyl (C=O) groups is 4. The van der Waals surface area contributed by atoms with Crippen LogP contribution >= 0.6 is 0 Å². The molecule has 0 spiro atoms. The van der Waals surface area contributed by atoms with Gasteiger partial charge in [0.05, 0.1) is 23.2 Å². The zero-order valence-corrected chi connectivity index (χ0v) is 19.6. The van der Waals surface area contributed by atoms with Crippen molar-refractivity contribution in [2.45, 2.75) is 26.5 Å². The fourth-order valence-corrected chi connectivity index (χ4v) is 4.01. The molecule has 2 aliphatic heterocycles. The van der Waals surface area contributed by atoms with E-state index in [1.54, 1.807) is 30.3 Å². The molecule has 0 saturated carbocycles. The van der Waals surface area contributed by atoms with Crippen molar-refractivity contribution >= 4 is 29.4 Å². The molecule has 1 N–H and O–H groups in total. The topological polar surface area (TPSA) is 111 Å². The summed E-state index contributed by atoms with van der Waals surface area (Å²) in [5.41, 5.74) is 2.55. The lowest BCUT2D eigenvalue weighted by atomic mass is 10.1. The molecule has 5 rings (SSSR count). The third-order valence-corrected chi connectivity index (χ3v) is 6.04. The molecular formula is C27H22N2O7.